The molecule has 2 aromatic carbocycles. The van der Waals surface area contributed by atoms with Gasteiger partial charge in [0, 0.05) is 35.0 Å². The number of nitrogens with zero attached hydrogens (tertiary/aromatic N) is 2. The molecule has 6 nitrogen and oxygen atoms in total. The molecule has 1 saturated heterocycles. The SMILES string of the molecule is O=C(Nc1ccc(N2CCCC2=O)cc1)c1cccnc1Oc1ccc(Br)cc1. The third-order valence-corrected chi connectivity index (χ3v) is 5.08. The molecule has 1 aromatic heterocycles. The summed E-state index contributed by atoms with van der Waals surface area (Å²) in [7, 11) is 0. The normalized spacial score (nSPS) is 13.4. The zero-order chi connectivity index (χ0) is 20.2. The van der Waals surface area contributed by atoms with E-state index in [1.165, 1.54) is 0 Å². The van der Waals surface area contributed by atoms with Gasteiger partial charge in [-0.2, -0.15) is 0 Å². The minimum absolute atomic E-state index is 0.131. The molecule has 2 amide bonds. The van der Waals surface area contributed by atoms with Gasteiger partial charge in [-0.3, -0.25) is 9.59 Å². The molecule has 1 aliphatic rings. The molecule has 0 atom stereocenters. The van der Waals surface area contributed by atoms with Crippen LogP contribution < -0.4 is 15.0 Å². The molecule has 1 fully saturated rings. The molecule has 1 N–H and O–H groups in total. The third-order valence-electron chi connectivity index (χ3n) is 4.55. The number of ether oxygens (including phenoxy) is 1. The third kappa shape index (κ3) is 4.46. The van der Waals surface area contributed by atoms with E-state index in [4.69, 9.17) is 4.74 Å². The molecule has 2 heterocycles. The average molecular weight is 452 g/mol. The van der Waals surface area contributed by atoms with Crippen LogP contribution in [0.5, 0.6) is 11.6 Å². The van der Waals surface area contributed by atoms with Crippen molar-refractivity contribution in [2.45, 2.75) is 12.8 Å². The Morgan fingerprint density at radius 2 is 1.83 bits per heavy atom. The summed E-state index contributed by atoms with van der Waals surface area (Å²) in [4.78, 5) is 30.6. The second-order valence-electron chi connectivity index (χ2n) is 6.56. The lowest BCUT2D eigenvalue weighted by Gasteiger charge is -2.16. The van der Waals surface area contributed by atoms with E-state index in [1.54, 1.807) is 47.5 Å². The summed E-state index contributed by atoms with van der Waals surface area (Å²) >= 11 is 3.38. The predicted octanol–water partition coefficient (Wildman–Crippen LogP) is 5.02. The number of amides is 2. The summed E-state index contributed by atoms with van der Waals surface area (Å²) in [5.74, 6) is 0.620. The van der Waals surface area contributed by atoms with Crippen molar-refractivity contribution < 1.29 is 14.3 Å². The molecule has 0 bridgehead atoms. The van der Waals surface area contributed by atoms with Crippen LogP contribution >= 0.6 is 15.9 Å². The Morgan fingerprint density at radius 3 is 2.52 bits per heavy atom. The number of aromatic nitrogens is 1. The zero-order valence-electron chi connectivity index (χ0n) is 15.5. The number of nitrogens with one attached hydrogen (secondary N) is 1. The van der Waals surface area contributed by atoms with Gasteiger partial charge in [0.15, 0.2) is 0 Å². The van der Waals surface area contributed by atoms with E-state index in [-0.39, 0.29) is 17.7 Å². The van der Waals surface area contributed by atoms with Crippen LogP contribution in [0.25, 0.3) is 0 Å². The molecule has 1 aliphatic heterocycles. The second-order valence-corrected chi connectivity index (χ2v) is 7.48. The number of rotatable bonds is 5. The molecule has 0 unspecified atom stereocenters. The Morgan fingerprint density at radius 1 is 1.07 bits per heavy atom. The number of carbonyl (C=O) groups excluding carboxylic acids is 2. The topological polar surface area (TPSA) is 71.5 Å². The maximum atomic E-state index is 12.8. The molecule has 7 heteroatoms. The summed E-state index contributed by atoms with van der Waals surface area (Å²) in [6.45, 7) is 0.733. The number of carbonyl (C=O) groups is 2. The van der Waals surface area contributed by atoms with Gasteiger partial charge < -0.3 is 15.0 Å². The fourth-order valence-electron chi connectivity index (χ4n) is 3.10. The van der Waals surface area contributed by atoms with Gasteiger partial charge in [-0.15, -0.1) is 0 Å². The van der Waals surface area contributed by atoms with Gasteiger partial charge in [-0.05, 0) is 67.1 Å². The number of halogens is 1. The summed E-state index contributed by atoms with van der Waals surface area (Å²) < 4.78 is 6.72. The van der Waals surface area contributed by atoms with Crippen LogP contribution in [0.4, 0.5) is 11.4 Å². The minimum atomic E-state index is -0.324. The number of pyridine rings is 1. The largest absolute Gasteiger partial charge is 0.438 e. The van der Waals surface area contributed by atoms with Crippen molar-refractivity contribution in [3.05, 3.63) is 76.9 Å². The first-order valence-corrected chi connectivity index (χ1v) is 10.00. The summed E-state index contributed by atoms with van der Waals surface area (Å²) in [5, 5.41) is 2.85. The molecule has 0 aliphatic carbocycles. The Kier molecular flexibility index (Phi) is 5.57. The van der Waals surface area contributed by atoms with Crippen molar-refractivity contribution in [3.63, 3.8) is 0 Å². The van der Waals surface area contributed by atoms with Gasteiger partial charge in [-0.1, -0.05) is 15.9 Å². The summed E-state index contributed by atoms with van der Waals surface area (Å²) in [6, 6.07) is 17.9. The van der Waals surface area contributed by atoms with Gasteiger partial charge in [-0.25, -0.2) is 4.98 Å². The smallest absolute Gasteiger partial charge is 0.261 e. The Labute approximate surface area is 176 Å². The molecule has 3 aromatic rings. The monoisotopic (exact) mass is 451 g/mol. The van der Waals surface area contributed by atoms with E-state index < -0.39 is 0 Å². The van der Waals surface area contributed by atoms with Gasteiger partial charge in [0.1, 0.15) is 11.3 Å². The van der Waals surface area contributed by atoms with E-state index in [1.807, 2.05) is 24.3 Å². The lowest BCUT2D eigenvalue weighted by Crippen LogP contribution is -2.23. The number of hydrogen-bond donors (Lipinski definition) is 1. The Balaban J connectivity index is 1.48. The van der Waals surface area contributed by atoms with Gasteiger partial charge >= 0.3 is 0 Å². The minimum Gasteiger partial charge on any atom is -0.438 e. The van der Waals surface area contributed by atoms with Crippen molar-refractivity contribution in [2.24, 2.45) is 0 Å². The highest BCUT2D eigenvalue weighted by atomic mass is 79.9. The molecule has 4 rings (SSSR count). The van der Waals surface area contributed by atoms with Crippen LogP contribution in [0.2, 0.25) is 0 Å². The standard InChI is InChI=1S/C22H18BrN3O3/c23-15-5-11-18(12-6-15)29-22-19(3-1-13-24-22)21(28)25-16-7-9-17(10-8-16)26-14-2-4-20(26)27/h1,3,5-13H,2,4,14H2,(H,25,28). The van der Waals surface area contributed by atoms with E-state index in [0.29, 0.717) is 23.4 Å². The molecule has 0 saturated carbocycles. The predicted molar refractivity (Wildman–Crippen MR) is 114 cm³/mol. The number of anilines is 2. The van der Waals surface area contributed by atoms with Crippen LogP contribution in [0.15, 0.2) is 71.3 Å². The van der Waals surface area contributed by atoms with Crippen LogP contribution in [-0.2, 0) is 4.79 Å². The average Bonchev–Trinajstić information content (AvgIpc) is 3.16. The summed E-state index contributed by atoms with van der Waals surface area (Å²) in [6.07, 6.45) is 3.03. The van der Waals surface area contributed by atoms with E-state index in [2.05, 4.69) is 26.2 Å². The van der Waals surface area contributed by atoms with Crippen LogP contribution in [0, 0.1) is 0 Å². The van der Waals surface area contributed by atoms with Crippen molar-refractivity contribution in [2.75, 3.05) is 16.8 Å². The first-order chi connectivity index (χ1) is 14.1. The zero-order valence-corrected chi connectivity index (χ0v) is 17.1. The highest BCUT2D eigenvalue weighted by Crippen LogP contribution is 2.26. The molecular formula is C22H18BrN3O3. The fraction of sp³-hybridized carbons (Fsp3) is 0.136. The van der Waals surface area contributed by atoms with E-state index >= 15 is 0 Å². The van der Waals surface area contributed by atoms with E-state index in [9.17, 15) is 9.59 Å². The molecule has 0 radical (unpaired) electrons. The maximum Gasteiger partial charge on any atom is 0.261 e. The quantitative estimate of drug-likeness (QED) is 0.591. The lowest BCUT2D eigenvalue weighted by atomic mass is 10.2. The van der Waals surface area contributed by atoms with Crippen LogP contribution in [0.3, 0.4) is 0 Å². The fourth-order valence-corrected chi connectivity index (χ4v) is 3.37. The first-order valence-electron chi connectivity index (χ1n) is 9.20. The van der Waals surface area contributed by atoms with Gasteiger partial charge in [0.2, 0.25) is 11.8 Å². The van der Waals surface area contributed by atoms with Gasteiger partial charge in [0.25, 0.3) is 5.91 Å². The van der Waals surface area contributed by atoms with Crippen LogP contribution in [-0.4, -0.2) is 23.3 Å². The number of hydrogen-bond acceptors (Lipinski definition) is 4. The second kappa shape index (κ2) is 8.45. The van der Waals surface area contributed by atoms with Crippen molar-refractivity contribution in [3.8, 4) is 11.6 Å². The van der Waals surface area contributed by atoms with Crippen molar-refractivity contribution in [1.29, 1.82) is 0 Å². The summed E-state index contributed by atoms with van der Waals surface area (Å²) in [5.41, 5.74) is 1.80. The van der Waals surface area contributed by atoms with Crippen molar-refractivity contribution >= 4 is 39.1 Å². The molecular weight excluding hydrogens is 434 g/mol. The van der Waals surface area contributed by atoms with Gasteiger partial charge in [0.05, 0.1) is 0 Å². The maximum absolute atomic E-state index is 12.8. The lowest BCUT2D eigenvalue weighted by molar-refractivity contribution is -0.117. The van der Waals surface area contributed by atoms with Crippen molar-refractivity contribution in [1.82, 2.24) is 4.98 Å². The van der Waals surface area contributed by atoms with Crippen LogP contribution in [0.1, 0.15) is 23.2 Å². The van der Waals surface area contributed by atoms with E-state index in [0.717, 1.165) is 23.1 Å². The number of benzene rings is 2. The highest BCUT2D eigenvalue weighted by Gasteiger charge is 2.21. The molecule has 146 valence electrons. The Bertz CT molecular complexity index is 1040. The Hall–Kier alpha value is -3.19. The molecule has 0 spiro atoms. The first kappa shape index (κ1) is 19.1. The molecule has 29 heavy (non-hydrogen) atoms. The highest BCUT2D eigenvalue weighted by molar-refractivity contribution is 9.10.